The van der Waals surface area contributed by atoms with Gasteiger partial charge in [0.15, 0.2) is 5.78 Å². The Kier molecular flexibility index (Phi) is 7.42. The summed E-state index contributed by atoms with van der Waals surface area (Å²) in [6.45, 7) is 6.95. The van der Waals surface area contributed by atoms with E-state index in [1.807, 2.05) is 24.0 Å². The van der Waals surface area contributed by atoms with E-state index >= 15 is 0 Å². The van der Waals surface area contributed by atoms with E-state index in [0.29, 0.717) is 17.9 Å². The number of hydrogen-bond donors (Lipinski definition) is 3. The highest BCUT2D eigenvalue weighted by Gasteiger charge is 2.22. The van der Waals surface area contributed by atoms with Gasteiger partial charge in [0.2, 0.25) is 0 Å². The smallest absolute Gasteiger partial charge is 0.180 e. The Morgan fingerprint density at radius 1 is 1.50 bits per heavy atom. The second kappa shape index (κ2) is 9.78. The second-order valence-corrected chi connectivity index (χ2v) is 6.25. The molecule has 1 unspecified atom stereocenters. The summed E-state index contributed by atoms with van der Waals surface area (Å²) in [5, 5.41) is 18.4. The highest BCUT2D eigenvalue weighted by Crippen LogP contribution is 2.18. The first-order valence-electron chi connectivity index (χ1n) is 8.90. The van der Waals surface area contributed by atoms with E-state index in [0.717, 1.165) is 26.2 Å². The minimum atomic E-state index is -0.318. The molecule has 0 radical (unpaired) electrons. The van der Waals surface area contributed by atoms with Gasteiger partial charge in [-0.2, -0.15) is 5.26 Å². The van der Waals surface area contributed by atoms with Gasteiger partial charge in [0, 0.05) is 38.6 Å². The van der Waals surface area contributed by atoms with Crippen molar-refractivity contribution in [2.75, 3.05) is 32.7 Å². The fraction of sp³-hybridized carbons (Fsp3) is 0.474. The van der Waals surface area contributed by atoms with Gasteiger partial charge in [-0.15, -0.1) is 0 Å². The van der Waals surface area contributed by atoms with Crippen molar-refractivity contribution in [2.24, 2.45) is 5.92 Å². The van der Waals surface area contributed by atoms with E-state index in [1.54, 1.807) is 19.2 Å². The van der Waals surface area contributed by atoms with Crippen LogP contribution in [0.25, 0.3) is 0 Å². The topological polar surface area (TPSA) is 80.2 Å². The average Bonchev–Trinajstić information content (AvgIpc) is 2.65. The van der Waals surface area contributed by atoms with Crippen LogP contribution in [0.15, 0.2) is 47.3 Å². The highest BCUT2D eigenvalue weighted by molar-refractivity contribution is 6.01. The number of nitrogens with zero attached hydrogens (tertiary/aromatic N) is 2. The summed E-state index contributed by atoms with van der Waals surface area (Å²) in [5.74, 6) is -0.476. The van der Waals surface area contributed by atoms with E-state index in [9.17, 15) is 14.4 Å². The summed E-state index contributed by atoms with van der Waals surface area (Å²) < 4.78 is 14.6. The van der Waals surface area contributed by atoms with Crippen molar-refractivity contribution in [3.8, 4) is 6.07 Å². The molecule has 2 aliphatic heterocycles. The Balaban J connectivity index is 2.07. The molecule has 0 aromatic carbocycles. The van der Waals surface area contributed by atoms with Crippen LogP contribution in [0.1, 0.15) is 20.3 Å². The van der Waals surface area contributed by atoms with Gasteiger partial charge in [-0.3, -0.25) is 4.79 Å². The van der Waals surface area contributed by atoms with Crippen LogP contribution in [-0.2, 0) is 4.79 Å². The molecule has 0 aliphatic carbocycles. The van der Waals surface area contributed by atoms with Crippen LogP contribution in [0.2, 0.25) is 0 Å². The lowest BCUT2D eigenvalue weighted by atomic mass is 9.96. The molecule has 2 heterocycles. The van der Waals surface area contributed by atoms with Crippen LogP contribution in [0.5, 0.6) is 0 Å². The molecular weight excluding hydrogens is 333 g/mol. The van der Waals surface area contributed by atoms with Gasteiger partial charge in [-0.25, -0.2) is 4.39 Å². The predicted octanol–water partition coefficient (Wildman–Crippen LogP) is 1.69. The molecule has 1 saturated heterocycles. The van der Waals surface area contributed by atoms with Crippen molar-refractivity contribution in [2.45, 2.75) is 20.3 Å². The van der Waals surface area contributed by atoms with Crippen LogP contribution in [-0.4, -0.2) is 43.4 Å². The first-order valence-corrected chi connectivity index (χ1v) is 8.90. The van der Waals surface area contributed by atoms with Crippen LogP contribution in [0.4, 0.5) is 4.39 Å². The number of halogens is 1. The first-order chi connectivity index (χ1) is 12.6. The van der Waals surface area contributed by atoms with E-state index < -0.39 is 0 Å². The molecule has 0 spiro atoms. The number of piperazine rings is 1. The summed E-state index contributed by atoms with van der Waals surface area (Å²) in [5.41, 5.74) is 0.613. The Labute approximate surface area is 154 Å². The van der Waals surface area contributed by atoms with Crippen molar-refractivity contribution in [3.63, 3.8) is 0 Å². The average molecular weight is 359 g/mol. The summed E-state index contributed by atoms with van der Waals surface area (Å²) >= 11 is 0. The molecule has 1 fully saturated rings. The number of hydrogen-bond acceptors (Lipinski definition) is 6. The van der Waals surface area contributed by atoms with Crippen molar-refractivity contribution >= 4 is 5.78 Å². The minimum Gasteiger partial charge on any atom is -0.367 e. The molecule has 2 aliphatic rings. The third-order valence-electron chi connectivity index (χ3n) is 4.43. The zero-order valence-corrected chi connectivity index (χ0v) is 15.3. The van der Waals surface area contributed by atoms with E-state index in [2.05, 4.69) is 16.0 Å². The van der Waals surface area contributed by atoms with E-state index in [-0.39, 0.29) is 29.6 Å². The molecule has 26 heavy (non-hydrogen) atoms. The molecule has 0 amide bonds. The van der Waals surface area contributed by atoms with Gasteiger partial charge >= 0.3 is 0 Å². The number of rotatable bonds is 5. The Bertz CT molecular complexity index is 681. The van der Waals surface area contributed by atoms with E-state index in [1.165, 1.54) is 6.08 Å². The normalized spacial score (nSPS) is 22.5. The largest absolute Gasteiger partial charge is 0.367 e. The van der Waals surface area contributed by atoms with Crippen LogP contribution >= 0.6 is 0 Å². The van der Waals surface area contributed by atoms with E-state index in [4.69, 9.17) is 0 Å². The van der Waals surface area contributed by atoms with Crippen LogP contribution in [0, 0.1) is 17.2 Å². The molecule has 7 heteroatoms. The maximum absolute atomic E-state index is 14.6. The third kappa shape index (κ3) is 4.96. The predicted molar refractivity (Wildman–Crippen MR) is 99.1 cm³/mol. The zero-order valence-electron chi connectivity index (χ0n) is 15.3. The quantitative estimate of drug-likeness (QED) is 0.648. The summed E-state index contributed by atoms with van der Waals surface area (Å²) in [7, 11) is 0. The van der Waals surface area contributed by atoms with Crippen LogP contribution in [0.3, 0.4) is 0 Å². The summed E-state index contributed by atoms with van der Waals surface area (Å²) in [4.78, 5) is 14.3. The maximum atomic E-state index is 14.6. The third-order valence-corrected chi connectivity index (χ3v) is 4.43. The number of carbonyl (C=O) groups excluding carboxylic acids is 1. The number of carbonyl (C=O) groups is 1. The Morgan fingerprint density at radius 3 is 2.88 bits per heavy atom. The molecule has 1 atom stereocenters. The molecular formula is C19H26FN5O. The number of nitrogens with one attached hydrogen (secondary N) is 3. The lowest BCUT2D eigenvalue weighted by molar-refractivity contribution is -0.118. The maximum Gasteiger partial charge on any atom is 0.180 e. The van der Waals surface area contributed by atoms with Gasteiger partial charge < -0.3 is 20.9 Å². The van der Waals surface area contributed by atoms with Crippen molar-refractivity contribution in [3.05, 3.63) is 47.3 Å². The second-order valence-electron chi connectivity index (χ2n) is 6.25. The van der Waals surface area contributed by atoms with Gasteiger partial charge in [0.1, 0.15) is 23.3 Å². The van der Waals surface area contributed by atoms with Crippen LogP contribution < -0.4 is 16.0 Å². The Morgan fingerprint density at radius 2 is 2.23 bits per heavy atom. The van der Waals surface area contributed by atoms with Gasteiger partial charge in [0.05, 0.1) is 5.70 Å². The van der Waals surface area contributed by atoms with Gasteiger partial charge in [0.25, 0.3) is 0 Å². The number of nitriles is 1. The molecule has 6 nitrogen and oxygen atoms in total. The molecule has 0 aromatic rings. The fourth-order valence-corrected chi connectivity index (χ4v) is 2.94. The molecule has 0 aromatic heterocycles. The number of Topliss-reactive ketones (excluding diaryl/α,β-unsaturated/α-hetero) is 1. The molecule has 0 saturated carbocycles. The van der Waals surface area contributed by atoms with Gasteiger partial charge in [-0.1, -0.05) is 19.1 Å². The lowest BCUT2D eigenvalue weighted by Gasteiger charge is -2.30. The SMILES string of the molecule is C/C=C(\C(F)=C/CNC1=C(C#N)C(=O)C(C)CC=CN1)N1CCNCC1. The zero-order chi connectivity index (χ0) is 18.9. The minimum absolute atomic E-state index is 0.0454. The van der Waals surface area contributed by atoms with Crippen molar-refractivity contribution in [1.82, 2.24) is 20.9 Å². The molecule has 2 rings (SSSR count). The van der Waals surface area contributed by atoms with Gasteiger partial charge in [-0.05, 0) is 25.6 Å². The first kappa shape index (κ1) is 19.7. The standard InChI is InChI=1S/C19H26FN5O/c1-3-17(25-11-9-22-10-12-25)16(20)6-8-24-19-15(13-21)18(26)14(2)5-4-7-23-19/h3-4,6-7,14,22-24H,5,8-12H2,1-2H3/b7-4?,16-6+,17-3+,19-15?. The Hall–Kier alpha value is -2.59. The lowest BCUT2D eigenvalue weighted by Crippen LogP contribution is -2.43. The van der Waals surface area contributed by atoms with Crippen molar-refractivity contribution < 1.29 is 9.18 Å². The monoisotopic (exact) mass is 359 g/mol. The number of allylic oxidation sites excluding steroid dienone is 4. The molecule has 140 valence electrons. The molecule has 0 bridgehead atoms. The number of ketones is 1. The summed E-state index contributed by atoms with van der Waals surface area (Å²) in [6.07, 6.45) is 7.31. The van der Waals surface area contributed by atoms with Crippen molar-refractivity contribution in [1.29, 1.82) is 5.26 Å². The highest BCUT2D eigenvalue weighted by atomic mass is 19.1. The fourth-order valence-electron chi connectivity index (χ4n) is 2.94. The summed E-state index contributed by atoms with van der Waals surface area (Å²) in [6, 6.07) is 1.96. The molecule has 3 N–H and O–H groups in total.